The molecule has 0 saturated heterocycles. The Morgan fingerprint density at radius 2 is 1.68 bits per heavy atom. The zero-order valence-electron chi connectivity index (χ0n) is 20.6. The maximum atomic E-state index is 13.1. The second-order valence-corrected chi connectivity index (χ2v) is 9.34. The van der Waals surface area contributed by atoms with E-state index in [1.54, 1.807) is 42.2 Å². The summed E-state index contributed by atoms with van der Waals surface area (Å²) in [4.78, 5) is 38.9. The van der Waals surface area contributed by atoms with E-state index in [9.17, 15) is 27.6 Å². The Hall–Kier alpha value is -3.94. The molecule has 0 fully saturated rings. The highest BCUT2D eigenvalue weighted by Gasteiger charge is 2.30. The molecule has 1 heterocycles. The third kappa shape index (κ3) is 6.07. The fourth-order valence-corrected chi connectivity index (χ4v) is 4.35. The fourth-order valence-electron chi connectivity index (χ4n) is 4.35. The van der Waals surface area contributed by atoms with Crippen molar-refractivity contribution >= 4 is 23.3 Å². The first kappa shape index (κ1) is 26.1. The normalized spacial score (nSPS) is 14.0. The number of hydrogen-bond donors (Lipinski definition) is 1. The predicted octanol–water partition coefficient (Wildman–Crippen LogP) is 6.12. The molecule has 5 nitrogen and oxygen atoms in total. The molecule has 2 amide bonds. The van der Waals surface area contributed by atoms with Gasteiger partial charge in [0.15, 0.2) is 0 Å². The van der Waals surface area contributed by atoms with Gasteiger partial charge in [0.05, 0.1) is 5.56 Å². The molecule has 0 aliphatic carbocycles. The monoisotopic (exact) mass is 508 g/mol. The van der Waals surface area contributed by atoms with Crippen LogP contribution < -0.4 is 5.32 Å². The van der Waals surface area contributed by atoms with Gasteiger partial charge in [-0.1, -0.05) is 43.3 Å². The van der Waals surface area contributed by atoms with Crippen LogP contribution in [0.5, 0.6) is 0 Å². The number of hydrogen-bond acceptors (Lipinski definition) is 3. The molecule has 3 aromatic rings. The topological polar surface area (TPSA) is 66.5 Å². The Balaban J connectivity index is 1.48. The van der Waals surface area contributed by atoms with E-state index in [1.807, 2.05) is 12.1 Å². The van der Waals surface area contributed by atoms with Crippen LogP contribution in [0, 0.1) is 5.92 Å². The molecule has 1 N–H and O–H groups in total. The molecule has 3 aromatic carbocycles. The Morgan fingerprint density at radius 3 is 2.35 bits per heavy atom. The summed E-state index contributed by atoms with van der Waals surface area (Å²) < 4.78 is 38.8. The van der Waals surface area contributed by atoms with Gasteiger partial charge in [0.1, 0.15) is 5.78 Å². The highest BCUT2D eigenvalue weighted by Crippen LogP contribution is 2.32. The maximum Gasteiger partial charge on any atom is 0.416 e. The van der Waals surface area contributed by atoms with Crippen molar-refractivity contribution in [2.24, 2.45) is 5.92 Å². The van der Waals surface area contributed by atoms with Crippen LogP contribution in [-0.4, -0.2) is 29.0 Å². The van der Waals surface area contributed by atoms with Crippen molar-refractivity contribution in [2.75, 3.05) is 11.9 Å². The van der Waals surface area contributed by atoms with Crippen molar-refractivity contribution in [3.05, 3.63) is 89.0 Å². The quantitative estimate of drug-likeness (QED) is 0.436. The van der Waals surface area contributed by atoms with Crippen molar-refractivity contribution in [2.45, 2.75) is 39.4 Å². The van der Waals surface area contributed by atoms with Crippen LogP contribution in [0.1, 0.15) is 47.3 Å². The lowest BCUT2D eigenvalue weighted by Crippen LogP contribution is -2.37. The van der Waals surface area contributed by atoms with Gasteiger partial charge in [0.2, 0.25) is 5.91 Å². The van der Waals surface area contributed by atoms with Gasteiger partial charge in [0.25, 0.3) is 5.91 Å². The average molecular weight is 509 g/mol. The van der Waals surface area contributed by atoms with Gasteiger partial charge in [-0.3, -0.25) is 14.4 Å². The van der Waals surface area contributed by atoms with Crippen molar-refractivity contribution < 1.29 is 27.6 Å². The molecule has 0 radical (unpaired) electrons. The molecule has 0 saturated carbocycles. The second kappa shape index (κ2) is 10.6. The van der Waals surface area contributed by atoms with E-state index >= 15 is 0 Å². The zero-order chi connectivity index (χ0) is 26.7. The number of nitrogens with one attached hydrogen (secondary N) is 1. The Bertz CT molecular complexity index is 1330. The van der Waals surface area contributed by atoms with Crippen molar-refractivity contribution in [1.82, 2.24) is 4.90 Å². The lowest BCUT2D eigenvalue weighted by atomic mass is 9.96. The summed E-state index contributed by atoms with van der Waals surface area (Å²) in [5, 5.41) is 2.89. The van der Waals surface area contributed by atoms with Gasteiger partial charge in [-0.05, 0) is 65.9 Å². The molecule has 192 valence electrons. The standard InChI is InChI=1S/C29H27F3N2O3/c1-18(19(2)35)15-27(36)34-14-13-21-16-24(12-9-22(21)17-34)33-28(37)26-6-4-3-5-25(26)20-7-10-23(11-8-20)29(30,31)32/h3-12,16,18H,13-15,17H2,1-2H3,(H,33,37). The highest BCUT2D eigenvalue weighted by atomic mass is 19.4. The molecule has 1 aliphatic rings. The first-order valence-electron chi connectivity index (χ1n) is 12.0. The molecule has 37 heavy (non-hydrogen) atoms. The second-order valence-electron chi connectivity index (χ2n) is 9.34. The smallest absolute Gasteiger partial charge is 0.338 e. The number of fused-ring (bicyclic) bond motifs is 1. The van der Waals surface area contributed by atoms with Gasteiger partial charge >= 0.3 is 6.18 Å². The number of carbonyl (C=O) groups is 3. The molecule has 0 bridgehead atoms. The molecule has 4 rings (SSSR count). The largest absolute Gasteiger partial charge is 0.416 e. The summed E-state index contributed by atoms with van der Waals surface area (Å²) in [6.45, 7) is 4.22. The van der Waals surface area contributed by atoms with E-state index in [-0.39, 0.29) is 29.9 Å². The summed E-state index contributed by atoms with van der Waals surface area (Å²) >= 11 is 0. The molecular formula is C29H27F3N2O3. The molecule has 1 atom stereocenters. The van der Waals surface area contributed by atoms with Crippen LogP contribution in [0.3, 0.4) is 0 Å². The first-order valence-corrected chi connectivity index (χ1v) is 12.0. The number of rotatable bonds is 6. The number of benzene rings is 3. The third-order valence-corrected chi connectivity index (χ3v) is 6.70. The Labute approximate surface area is 213 Å². The van der Waals surface area contributed by atoms with Crippen molar-refractivity contribution in [3.63, 3.8) is 0 Å². The van der Waals surface area contributed by atoms with E-state index in [4.69, 9.17) is 0 Å². The van der Waals surface area contributed by atoms with Crippen LogP contribution in [0.4, 0.5) is 18.9 Å². The van der Waals surface area contributed by atoms with Crippen molar-refractivity contribution in [3.8, 4) is 11.1 Å². The van der Waals surface area contributed by atoms with E-state index in [0.717, 1.165) is 23.3 Å². The molecular weight excluding hydrogens is 481 g/mol. The van der Waals surface area contributed by atoms with Crippen LogP contribution in [0.15, 0.2) is 66.7 Å². The van der Waals surface area contributed by atoms with Gasteiger partial charge < -0.3 is 10.2 Å². The lowest BCUT2D eigenvalue weighted by molar-refractivity contribution is -0.137. The SMILES string of the molecule is CC(=O)C(C)CC(=O)N1CCc2cc(NC(=O)c3ccccc3-c3ccc(C(F)(F)F)cc3)ccc2C1. The first-order chi connectivity index (χ1) is 17.5. The molecule has 0 spiro atoms. The summed E-state index contributed by atoms with van der Waals surface area (Å²) in [7, 11) is 0. The zero-order valence-corrected chi connectivity index (χ0v) is 20.6. The minimum atomic E-state index is -4.43. The van der Waals surface area contributed by atoms with Crippen LogP contribution in [0.25, 0.3) is 11.1 Å². The van der Waals surface area contributed by atoms with Gasteiger partial charge in [-0.2, -0.15) is 13.2 Å². The minimum absolute atomic E-state index is 0.00830. The minimum Gasteiger partial charge on any atom is -0.338 e. The van der Waals surface area contributed by atoms with E-state index in [0.29, 0.717) is 41.9 Å². The Morgan fingerprint density at radius 1 is 0.973 bits per heavy atom. The number of Topliss-reactive ketones (excluding diaryl/α,β-unsaturated/α-hetero) is 1. The number of ketones is 1. The number of halogens is 3. The molecule has 0 aromatic heterocycles. The van der Waals surface area contributed by atoms with Gasteiger partial charge in [0, 0.05) is 36.7 Å². The summed E-state index contributed by atoms with van der Waals surface area (Å²) in [6, 6.07) is 17.0. The summed E-state index contributed by atoms with van der Waals surface area (Å²) in [5.74, 6) is -0.741. The summed E-state index contributed by atoms with van der Waals surface area (Å²) in [6.07, 6.45) is -3.61. The lowest BCUT2D eigenvalue weighted by Gasteiger charge is -2.30. The predicted molar refractivity (Wildman–Crippen MR) is 135 cm³/mol. The van der Waals surface area contributed by atoms with Gasteiger partial charge in [-0.25, -0.2) is 0 Å². The average Bonchev–Trinajstić information content (AvgIpc) is 2.87. The van der Waals surface area contributed by atoms with Crippen LogP contribution in [0.2, 0.25) is 0 Å². The fraction of sp³-hybridized carbons (Fsp3) is 0.276. The maximum absolute atomic E-state index is 13.1. The van der Waals surface area contributed by atoms with E-state index in [2.05, 4.69) is 5.32 Å². The molecule has 1 aliphatic heterocycles. The van der Waals surface area contributed by atoms with Gasteiger partial charge in [-0.15, -0.1) is 0 Å². The number of alkyl halides is 3. The van der Waals surface area contributed by atoms with E-state index in [1.165, 1.54) is 19.1 Å². The number of carbonyl (C=O) groups excluding carboxylic acids is 3. The summed E-state index contributed by atoms with van der Waals surface area (Å²) in [5.41, 5.74) is 3.23. The van der Waals surface area contributed by atoms with E-state index < -0.39 is 11.7 Å². The van der Waals surface area contributed by atoms with Crippen LogP contribution in [-0.2, 0) is 28.7 Å². The van der Waals surface area contributed by atoms with Crippen molar-refractivity contribution in [1.29, 1.82) is 0 Å². The highest BCUT2D eigenvalue weighted by molar-refractivity contribution is 6.08. The van der Waals surface area contributed by atoms with Crippen LogP contribution >= 0.6 is 0 Å². The number of amides is 2. The molecule has 8 heteroatoms. The number of anilines is 1. The number of nitrogens with zero attached hydrogens (tertiary/aromatic N) is 1. The third-order valence-electron chi connectivity index (χ3n) is 6.70. The Kier molecular flexibility index (Phi) is 7.47. The molecule has 1 unspecified atom stereocenters.